The zero-order valence-corrected chi connectivity index (χ0v) is 12.2. The molecular weight excluding hydrogens is 281 g/mol. The quantitative estimate of drug-likeness (QED) is 0.805. The van der Waals surface area contributed by atoms with E-state index in [1.54, 1.807) is 30.5 Å². The van der Waals surface area contributed by atoms with Crippen LogP contribution < -0.4 is 10.9 Å². The first-order valence-corrected chi connectivity index (χ1v) is 7.12. The first-order chi connectivity index (χ1) is 10.6. The van der Waals surface area contributed by atoms with Crippen molar-refractivity contribution in [2.45, 2.75) is 19.4 Å². The van der Waals surface area contributed by atoms with Crippen molar-refractivity contribution in [3.05, 3.63) is 76.5 Å². The van der Waals surface area contributed by atoms with Gasteiger partial charge in [-0.3, -0.25) is 9.20 Å². The van der Waals surface area contributed by atoms with E-state index in [-0.39, 0.29) is 17.4 Å². The highest BCUT2D eigenvalue weighted by molar-refractivity contribution is 5.46. The van der Waals surface area contributed by atoms with Crippen LogP contribution in [0, 0.1) is 5.82 Å². The number of halogens is 1. The summed E-state index contributed by atoms with van der Waals surface area (Å²) in [5.74, 6) is 0.280. The fraction of sp³-hybridized carbons (Fsp3) is 0.176. The van der Waals surface area contributed by atoms with Crippen molar-refractivity contribution < 1.29 is 4.39 Å². The minimum atomic E-state index is -0.220. The van der Waals surface area contributed by atoms with Gasteiger partial charge in [0, 0.05) is 18.3 Å². The Bertz CT molecular complexity index is 860. The molecule has 1 aromatic carbocycles. The van der Waals surface area contributed by atoms with Gasteiger partial charge in [0.05, 0.1) is 0 Å². The Kier molecular flexibility index (Phi) is 3.87. The first-order valence-electron chi connectivity index (χ1n) is 7.12. The van der Waals surface area contributed by atoms with Crippen LogP contribution in [0.15, 0.2) is 59.5 Å². The summed E-state index contributed by atoms with van der Waals surface area (Å²) < 4.78 is 15.1. The molecule has 1 unspecified atom stereocenters. The molecule has 0 amide bonds. The molecule has 3 aromatic rings. The predicted molar refractivity (Wildman–Crippen MR) is 84.7 cm³/mol. The third-order valence-corrected chi connectivity index (χ3v) is 3.45. The molecule has 112 valence electrons. The highest BCUT2D eigenvalue weighted by Gasteiger charge is 2.09. The molecule has 4 nitrogen and oxygen atoms in total. The lowest BCUT2D eigenvalue weighted by Crippen LogP contribution is -2.22. The van der Waals surface area contributed by atoms with Crippen LogP contribution in [-0.2, 0) is 6.42 Å². The molecule has 1 N–H and O–H groups in total. The zero-order chi connectivity index (χ0) is 15.5. The lowest BCUT2D eigenvalue weighted by atomic mass is 10.1. The number of anilines is 1. The lowest BCUT2D eigenvalue weighted by molar-refractivity contribution is 0.601. The molecule has 0 aliphatic carbocycles. The lowest BCUT2D eigenvalue weighted by Gasteiger charge is -2.15. The molecule has 5 heteroatoms. The number of benzene rings is 1. The van der Waals surface area contributed by atoms with Gasteiger partial charge in [0.1, 0.15) is 17.3 Å². The predicted octanol–water partition coefficient (Wildman–Crippen LogP) is 2.88. The Labute approximate surface area is 127 Å². The second kappa shape index (κ2) is 5.97. The van der Waals surface area contributed by atoms with Crippen LogP contribution >= 0.6 is 0 Å². The van der Waals surface area contributed by atoms with E-state index < -0.39 is 0 Å². The van der Waals surface area contributed by atoms with Gasteiger partial charge < -0.3 is 5.32 Å². The summed E-state index contributed by atoms with van der Waals surface area (Å²) in [7, 11) is 0. The molecule has 0 saturated carbocycles. The minimum Gasteiger partial charge on any atom is -0.367 e. The Morgan fingerprint density at radius 3 is 2.82 bits per heavy atom. The van der Waals surface area contributed by atoms with Crippen molar-refractivity contribution in [1.29, 1.82) is 0 Å². The molecule has 0 bridgehead atoms. The maximum absolute atomic E-state index is 13.7. The number of aromatic nitrogens is 2. The van der Waals surface area contributed by atoms with Crippen molar-refractivity contribution in [3.63, 3.8) is 0 Å². The van der Waals surface area contributed by atoms with Crippen LogP contribution in [0.25, 0.3) is 5.65 Å². The highest BCUT2D eigenvalue weighted by atomic mass is 19.1. The van der Waals surface area contributed by atoms with E-state index in [1.165, 1.54) is 16.5 Å². The molecule has 0 radical (unpaired) electrons. The largest absolute Gasteiger partial charge is 0.367 e. The van der Waals surface area contributed by atoms with E-state index in [9.17, 15) is 9.18 Å². The van der Waals surface area contributed by atoms with Gasteiger partial charge in [0.25, 0.3) is 5.56 Å². The van der Waals surface area contributed by atoms with E-state index in [1.807, 2.05) is 19.1 Å². The van der Waals surface area contributed by atoms with Crippen molar-refractivity contribution >= 4 is 11.5 Å². The summed E-state index contributed by atoms with van der Waals surface area (Å²) in [6, 6.07) is 13.5. The van der Waals surface area contributed by atoms with E-state index in [2.05, 4.69) is 10.3 Å². The maximum atomic E-state index is 13.7. The third kappa shape index (κ3) is 2.98. The Hall–Kier alpha value is -2.69. The first kappa shape index (κ1) is 14.3. The summed E-state index contributed by atoms with van der Waals surface area (Å²) in [5.41, 5.74) is 1.07. The minimum absolute atomic E-state index is 0.0463. The maximum Gasteiger partial charge on any atom is 0.259 e. The molecule has 0 aliphatic rings. The zero-order valence-electron chi connectivity index (χ0n) is 12.2. The van der Waals surface area contributed by atoms with Crippen LogP contribution in [0.4, 0.5) is 10.2 Å². The molecule has 22 heavy (non-hydrogen) atoms. The second-order valence-corrected chi connectivity index (χ2v) is 5.25. The Morgan fingerprint density at radius 2 is 2.00 bits per heavy atom. The van der Waals surface area contributed by atoms with Gasteiger partial charge in [0.2, 0.25) is 0 Å². The molecular formula is C17H16FN3O. The van der Waals surface area contributed by atoms with Crippen LogP contribution in [0.2, 0.25) is 0 Å². The standard InChI is InChI=1S/C17H16FN3O/c1-12(10-13-6-2-3-7-14(13)18)19-15-11-17(22)21-9-5-4-8-16(21)20-15/h2-9,11-12,19H,10H2,1H3. The molecule has 2 aromatic heterocycles. The third-order valence-electron chi connectivity index (χ3n) is 3.45. The van der Waals surface area contributed by atoms with E-state index >= 15 is 0 Å². The summed E-state index contributed by atoms with van der Waals surface area (Å²) in [5, 5.41) is 3.16. The van der Waals surface area contributed by atoms with Gasteiger partial charge >= 0.3 is 0 Å². The van der Waals surface area contributed by atoms with Gasteiger partial charge in [0.15, 0.2) is 0 Å². The van der Waals surface area contributed by atoms with Gasteiger partial charge in [-0.2, -0.15) is 0 Å². The summed E-state index contributed by atoms with van der Waals surface area (Å²) >= 11 is 0. The van der Waals surface area contributed by atoms with Crippen molar-refractivity contribution in [1.82, 2.24) is 9.38 Å². The monoisotopic (exact) mass is 297 g/mol. The summed E-state index contributed by atoms with van der Waals surface area (Å²) in [6.07, 6.45) is 2.19. The molecule has 1 atom stereocenters. The number of pyridine rings is 1. The summed E-state index contributed by atoms with van der Waals surface area (Å²) in [4.78, 5) is 16.4. The number of hydrogen-bond acceptors (Lipinski definition) is 3. The average Bonchev–Trinajstić information content (AvgIpc) is 2.49. The van der Waals surface area contributed by atoms with Crippen LogP contribution in [0.5, 0.6) is 0 Å². The fourth-order valence-corrected chi connectivity index (χ4v) is 2.42. The molecule has 0 spiro atoms. The molecule has 0 saturated heterocycles. The SMILES string of the molecule is CC(Cc1ccccc1F)Nc1cc(=O)n2ccccc2n1. The Balaban J connectivity index is 1.81. The molecule has 2 heterocycles. The number of rotatable bonds is 4. The number of nitrogens with zero attached hydrogens (tertiary/aromatic N) is 2. The fourth-order valence-electron chi connectivity index (χ4n) is 2.42. The van der Waals surface area contributed by atoms with Crippen molar-refractivity contribution in [2.24, 2.45) is 0 Å². The number of hydrogen-bond donors (Lipinski definition) is 1. The van der Waals surface area contributed by atoms with Gasteiger partial charge in [-0.1, -0.05) is 24.3 Å². The normalized spacial score (nSPS) is 12.3. The van der Waals surface area contributed by atoms with Gasteiger partial charge in [-0.25, -0.2) is 9.37 Å². The molecule has 0 aliphatic heterocycles. The Morgan fingerprint density at radius 1 is 1.23 bits per heavy atom. The summed E-state index contributed by atoms with van der Waals surface area (Å²) in [6.45, 7) is 1.93. The van der Waals surface area contributed by atoms with Crippen LogP contribution in [-0.4, -0.2) is 15.4 Å². The van der Waals surface area contributed by atoms with E-state index in [0.29, 0.717) is 23.4 Å². The van der Waals surface area contributed by atoms with Crippen LogP contribution in [0.3, 0.4) is 0 Å². The van der Waals surface area contributed by atoms with Gasteiger partial charge in [-0.15, -0.1) is 0 Å². The highest BCUT2D eigenvalue weighted by Crippen LogP contribution is 2.12. The van der Waals surface area contributed by atoms with E-state index in [4.69, 9.17) is 0 Å². The molecule has 3 rings (SSSR count). The number of fused-ring (bicyclic) bond motifs is 1. The van der Waals surface area contributed by atoms with Crippen LogP contribution in [0.1, 0.15) is 12.5 Å². The van der Waals surface area contributed by atoms with Crippen molar-refractivity contribution in [3.8, 4) is 0 Å². The second-order valence-electron chi connectivity index (χ2n) is 5.25. The number of nitrogens with one attached hydrogen (secondary N) is 1. The van der Waals surface area contributed by atoms with E-state index in [0.717, 1.165) is 0 Å². The topological polar surface area (TPSA) is 46.4 Å². The molecule has 0 fully saturated rings. The smallest absolute Gasteiger partial charge is 0.259 e. The average molecular weight is 297 g/mol. The van der Waals surface area contributed by atoms with Crippen molar-refractivity contribution in [2.75, 3.05) is 5.32 Å². The van der Waals surface area contributed by atoms with Gasteiger partial charge in [-0.05, 0) is 37.1 Å².